The van der Waals surface area contributed by atoms with Crippen LogP contribution in [0, 0.1) is 0 Å². The van der Waals surface area contributed by atoms with Gasteiger partial charge in [0, 0.05) is 19.3 Å². The first kappa shape index (κ1) is 14.9. The van der Waals surface area contributed by atoms with Crippen LogP contribution in [0.4, 0.5) is 0 Å². The van der Waals surface area contributed by atoms with E-state index in [2.05, 4.69) is 0 Å². The largest absolute Gasteiger partial charge is 0.448 e. The van der Waals surface area contributed by atoms with Crippen LogP contribution in [0.15, 0.2) is 63.1 Å². The van der Waals surface area contributed by atoms with Gasteiger partial charge < -0.3 is 13.9 Å². The topological polar surface area (TPSA) is 55.5 Å². The molecule has 116 valence electrons. The Morgan fingerprint density at radius 3 is 2.55 bits per heavy atom. The molecule has 0 saturated carbocycles. The lowest BCUT2D eigenvalue weighted by atomic mass is 10.4. The van der Waals surface area contributed by atoms with E-state index in [9.17, 15) is 8.42 Å². The third-order valence-corrected chi connectivity index (χ3v) is 5.37. The molecule has 0 spiro atoms. The van der Waals surface area contributed by atoms with E-state index in [0.29, 0.717) is 27.4 Å². The summed E-state index contributed by atoms with van der Waals surface area (Å²) in [5.74, 6) is 0. The Bertz CT molecular complexity index is 877. The van der Waals surface area contributed by atoms with Crippen molar-refractivity contribution in [1.29, 1.82) is 0 Å². The summed E-state index contributed by atoms with van der Waals surface area (Å²) in [7, 11) is 0.406. The lowest BCUT2D eigenvalue weighted by molar-refractivity contribution is 0.381. The molecule has 3 aromatic rings. The smallest absolute Gasteiger partial charge is 0.208 e. The molecule has 0 radical (unpaired) electrons. The van der Waals surface area contributed by atoms with Crippen molar-refractivity contribution in [3.63, 3.8) is 0 Å². The van der Waals surface area contributed by atoms with Gasteiger partial charge >= 0.3 is 0 Å². The maximum absolute atomic E-state index is 12.8. The second-order valence-corrected chi connectivity index (χ2v) is 7.36. The number of hydrogen-bond donors (Lipinski definition) is 0. The van der Waals surface area contributed by atoms with Crippen molar-refractivity contribution in [1.82, 2.24) is 9.47 Å². The predicted octanol–water partition coefficient (Wildman–Crippen LogP) is 2.63. The summed E-state index contributed by atoms with van der Waals surface area (Å²) >= 11 is 0. The van der Waals surface area contributed by atoms with Gasteiger partial charge in [0.2, 0.25) is 15.6 Å². The molecule has 3 rings (SSSR count). The molecule has 0 bridgehead atoms. The third-order valence-electron chi connectivity index (χ3n) is 3.58. The van der Waals surface area contributed by atoms with E-state index in [1.807, 2.05) is 23.6 Å². The predicted molar refractivity (Wildman–Crippen MR) is 84.7 cm³/mol. The van der Waals surface area contributed by atoms with Crippen molar-refractivity contribution >= 4 is 20.9 Å². The number of benzene rings is 1. The molecule has 0 N–H and O–H groups in total. The molecule has 0 amide bonds. The summed E-state index contributed by atoms with van der Waals surface area (Å²) in [4.78, 5) is 2.63. The fourth-order valence-corrected chi connectivity index (χ4v) is 3.88. The summed E-state index contributed by atoms with van der Waals surface area (Å²) < 4.78 is 33.0. The van der Waals surface area contributed by atoms with Crippen LogP contribution in [0.1, 0.15) is 0 Å². The second-order valence-electron chi connectivity index (χ2n) is 5.45. The van der Waals surface area contributed by atoms with Gasteiger partial charge in [-0.15, -0.1) is 0 Å². The molecule has 2 heterocycles. The van der Waals surface area contributed by atoms with E-state index in [1.54, 1.807) is 42.6 Å². The quantitative estimate of drug-likeness (QED) is 0.726. The zero-order chi connectivity index (χ0) is 15.7. The number of furan rings is 1. The van der Waals surface area contributed by atoms with Gasteiger partial charge in [0.25, 0.3) is 0 Å². The van der Waals surface area contributed by atoms with Crippen molar-refractivity contribution in [3.05, 3.63) is 48.9 Å². The van der Waals surface area contributed by atoms with E-state index in [0.717, 1.165) is 6.54 Å². The second kappa shape index (κ2) is 5.62. The minimum Gasteiger partial charge on any atom is -0.448 e. The highest BCUT2D eigenvalue weighted by molar-refractivity contribution is 7.91. The summed E-state index contributed by atoms with van der Waals surface area (Å²) in [5.41, 5.74) is 0.594. The van der Waals surface area contributed by atoms with Gasteiger partial charge in [0.15, 0.2) is 0 Å². The molecule has 0 saturated heterocycles. The molecule has 6 heteroatoms. The van der Waals surface area contributed by atoms with Crippen molar-refractivity contribution in [2.75, 3.05) is 20.6 Å². The van der Waals surface area contributed by atoms with Crippen LogP contribution in [0.3, 0.4) is 0 Å². The van der Waals surface area contributed by atoms with Crippen LogP contribution in [0.5, 0.6) is 0 Å². The molecule has 1 aromatic carbocycles. The Kier molecular flexibility index (Phi) is 3.80. The number of aromatic nitrogens is 1. The van der Waals surface area contributed by atoms with Crippen molar-refractivity contribution in [3.8, 4) is 0 Å². The zero-order valence-corrected chi connectivity index (χ0v) is 13.4. The Labute approximate surface area is 129 Å². The van der Waals surface area contributed by atoms with E-state index in [1.165, 1.54) is 6.26 Å². The Hall–Kier alpha value is -2.05. The average molecular weight is 318 g/mol. The Balaban J connectivity index is 2.10. The third kappa shape index (κ3) is 2.55. The lowest BCUT2D eigenvalue weighted by Crippen LogP contribution is -2.17. The van der Waals surface area contributed by atoms with Crippen LogP contribution in [-0.2, 0) is 16.4 Å². The maximum atomic E-state index is 12.8. The first-order valence-corrected chi connectivity index (χ1v) is 8.49. The average Bonchev–Trinajstić information content (AvgIpc) is 3.08. The van der Waals surface area contributed by atoms with E-state index in [-0.39, 0.29) is 0 Å². The fourth-order valence-electron chi connectivity index (χ4n) is 2.40. The molecular formula is C16H18N2O3S. The molecule has 22 heavy (non-hydrogen) atoms. The van der Waals surface area contributed by atoms with Gasteiger partial charge in [0.05, 0.1) is 16.5 Å². The summed E-state index contributed by atoms with van der Waals surface area (Å²) in [6.07, 6.45) is 3.20. The van der Waals surface area contributed by atoms with Crippen molar-refractivity contribution in [2.24, 2.45) is 0 Å². The minimum absolute atomic E-state index is 0.293. The van der Waals surface area contributed by atoms with Crippen LogP contribution >= 0.6 is 0 Å². The fraction of sp³-hybridized carbons (Fsp3) is 0.250. The summed E-state index contributed by atoms with van der Waals surface area (Å²) in [5, 5.41) is 0.627. The Morgan fingerprint density at radius 1 is 1.14 bits per heavy atom. The van der Waals surface area contributed by atoms with Crippen LogP contribution < -0.4 is 0 Å². The van der Waals surface area contributed by atoms with Crippen LogP contribution in [0.2, 0.25) is 0 Å². The number of likely N-dealkylation sites (N-methyl/N-ethyl adjacent to an activating group) is 1. The number of nitrogens with zero attached hydrogens (tertiary/aromatic N) is 2. The molecule has 2 aromatic heterocycles. The number of rotatable bonds is 5. The molecule has 0 aliphatic rings. The zero-order valence-electron chi connectivity index (χ0n) is 12.6. The molecule has 0 fully saturated rings. The Morgan fingerprint density at radius 2 is 1.86 bits per heavy atom. The van der Waals surface area contributed by atoms with Gasteiger partial charge in [0.1, 0.15) is 4.90 Å². The first-order chi connectivity index (χ1) is 10.5. The van der Waals surface area contributed by atoms with Crippen LogP contribution in [-0.4, -0.2) is 38.5 Å². The first-order valence-electron chi connectivity index (χ1n) is 7.01. The number of hydrogen-bond acceptors (Lipinski definition) is 4. The van der Waals surface area contributed by atoms with Gasteiger partial charge in [-0.1, -0.05) is 18.2 Å². The number of sulfone groups is 1. The maximum Gasteiger partial charge on any atom is 0.208 e. The SMILES string of the molecule is CN(C)CCn1cc(S(=O)(=O)c2ccccc2)c2ccoc21. The minimum atomic E-state index is -3.55. The molecular weight excluding hydrogens is 300 g/mol. The van der Waals surface area contributed by atoms with Gasteiger partial charge in [-0.25, -0.2) is 8.42 Å². The van der Waals surface area contributed by atoms with E-state index in [4.69, 9.17) is 4.42 Å². The van der Waals surface area contributed by atoms with Gasteiger partial charge in [-0.2, -0.15) is 0 Å². The van der Waals surface area contributed by atoms with Crippen molar-refractivity contribution < 1.29 is 12.8 Å². The summed E-state index contributed by atoms with van der Waals surface area (Å²) in [6.45, 7) is 1.47. The molecule has 0 atom stereocenters. The number of fused-ring (bicyclic) bond motifs is 1. The monoisotopic (exact) mass is 318 g/mol. The highest BCUT2D eigenvalue weighted by atomic mass is 32.2. The highest BCUT2D eigenvalue weighted by Gasteiger charge is 2.24. The van der Waals surface area contributed by atoms with E-state index < -0.39 is 9.84 Å². The van der Waals surface area contributed by atoms with E-state index >= 15 is 0 Å². The molecule has 0 aliphatic heterocycles. The lowest BCUT2D eigenvalue weighted by Gasteiger charge is -2.09. The highest BCUT2D eigenvalue weighted by Crippen LogP contribution is 2.30. The standard InChI is InChI=1S/C16H18N2O3S/c1-17(2)9-10-18-12-15(14-8-11-21-16(14)18)22(19,20)13-6-4-3-5-7-13/h3-8,11-12H,9-10H2,1-2H3. The molecule has 0 aliphatic carbocycles. The molecule has 0 unspecified atom stereocenters. The normalized spacial score (nSPS) is 12.3. The molecule has 5 nitrogen and oxygen atoms in total. The van der Waals surface area contributed by atoms with Crippen LogP contribution in [0.25, 0.3) is 11.1 Å². The van der Waals surface area contributed by atoms with Gasteiger partial charge in [-0.05, 0) is 32.3 Å². The van der Waals surface area contributed by atoms with Gasteiger partial charge in [-0.3, -0.25) is 0 Å². The summed E-state index contributed by atoms with van der Waals surface area (Å²) in [6, 6.07) is 10.2. The van der Waals surface area contributed by atoms with Crippen molar-refractivity contribution in [2.45, 2.75) is 16.3 Å².